The molecular weight excluding hydrogens is 286 g/mol. The number of anilines is 1. The Morgan fingerprint density at radius 2 is 2.20 bits per heavy atom. The first-order valence-corrected chi connectivity index (χ1v) is 8.81. The summed E-state index contributed by atoms with van der Waals surface area (Å²) in [5, 5.41) is 6.53. The average Bonchev–Trinajstić information content (AvgIpc) is 3.07. The Morgan fingerprint density at radius 1 is 1.35 bits per heavy atom. The number of thiazole rings is 1. The van der Waals surface area contributed by atoms with Crippen molar-refractivity contribution in [1.29, 1.82) is 0 Å². The van der Waals surface area contributed by atoms with Crippen LogP contribution in [0.5, 0.6) is 0 Å². The highest BCUT2D eigenvalue weighted by atomic mass is 32.1. The Labute approximate surface area is 129 Å². The number of nitrogens with zero attached hydrogens (tertiary/aromatic N) is 2. The molecule has 3 nitrogen and oxygen atoms in total. The van der Waals surface area contributed by atoms with Crippen LogP contribution in [0.25, 0.3) is 0 Å². The Balaban J connectivity index is 2.01. The van der Waals surface area contributed by atoms with Gasteiger partial charge in [-0.05, 0) is 31.3 Å². The molecule has 0 aliphatic rings. The van der Waals surface area contributed by atoms with Gasteiger partial charge in [0.05, 0.1) is 5.69 Å². The van der Waals surface area contributed by atoms with E-state index in [2.05, 4.69) is 41.7 Å². The summed E-state index contributed by atoms with van der Waals surface area (Å²) < 4.78 is 0. The predicted molar refractivity (Wildman–Crippen MR) is 90.2 cm³/mol. The van der Waals surface area contributed by atoms with E-state index in [1.165, 1.54) is 15.4 Å². The zero-order valence-corrected chi connectivity index (χ0v) is 14.1. The van der Waals surface area contributed by atoms with Crippen LogP contribution in [0.3, 0.4) is 0 Å². The second kappa shape index (κ2) is 7.76. The zero-order chi connectivity index (χ0) is 14.4. The lowest BCUT2D eigenvalue weighted by molar-refractivity contribution is 0.796. The van der Waals surface area contributed by atoms with Gasteiger partial charge in [-0.15, -0.1) is 22.7 Å². The van der Waals surface area contributed by atoms with E-state index in [9.17, 15) is 0 Å². The summed E-state index contributed by atoms with van der Waals surface area (Å²) >= 11 is 3.66. The molecule has 0 saturated heterocycles. The maximum Gasteiger partial charge on any atom is 0.185 e. The third-order valence-electron chi connectivity index (χ3n) is 3.19. The highest BCUT2D eigenvalue weighted by Crippen LogP contribution is 2.27. The van der Waals surface area contributed by atoms with Gasteiger partial charge in [0, 0.05) is 29.9 Å². The minimum absolute atomic E-state index is 0.922. The number of hydrogen-bond acceptors (Lipinski definition) is 5. The predicted octanol–water partition coefficient (Wildman–Crippen LogP) is 3.56. The molecule has 0 saturated carbocycles. The monoisotopic (exact) mass is 309 g/mol. The second-order valence-corrected chi connectivity index (χ2v) is 6.99. The van der Waals surface area contributed by atoms with E-state index in [0.717, 1.165) is 37.5 Å². The van der Waals surface area contributed by atoms with Crippen molar-refractivity contribution in [2.45, 2.75) is 32.7 Å². The van der Waals surface area contributed by atoms with Crippen molar-refractivity contribution in [2.24, 2.45) is 0 Å². The fourth-order valence-corrected chi connectivity index (χ4v) is 3.90. The van der Waals surface area contributed by atoms with E-state index in [1.54, 1.807) is 0 Å². The molecule has 0 aromatic carbocycles. The SMILES string of the molecule is CCCc1nc(N(C)CCc2cccs2)sc1CNC. The van der Waals surface area contributed by atoms with Gasteiger partial charge in [-0.3, -0.25) is 0 Å². The van der Waals surface area contributed by atoms with Crippen molar-refractivity contribution in [3.63, 3.8) is 0 Å². The van der Waals surface area contributed by atoms with Crippen molar-refractivity contribution in [2.75, 3.05) is 25.5 Å². The standard InChI is InChI=1S/C15H23N3S2/c1-4-6-13-14(11-16-2)20-15(17-13)18(3)9-8-12-7-5-10-19-12/h5,7,10,16H,4,6,8-9,11H2,1-3H3. The molecule has 1 N–H and O–H groups in total. The summed E-state index contributed by atoms with van der Waals surface area (Å²) in [5.41, 5.74) is 1.27. The smallest absolute Gasteiger partial charge is 0.185 e. The third kappa shape index (κ3) is 4.04. The van der Waals surface area contributed by atoms with Crippen LogP contribution in [0.1, 0.15) is 28.8 Å². The van der Waals surface area contributed by atoms with Crippen LogP contribution in [0.2, 0.25) is 0 Å². The minimum Gasteiger partial charge on any atom is -0.351 e. The van der Waals surface area contributed by atoms with Crippen LogP contribution >= 0.6 is 22.7 Å². The van der Waals surface area contributed by atoms with Crippen LogP contribution in [-0.4, -0.2) is 25.6 Å². The quantitative estimate of drug-likeness (QED) is 0.808. The molecule has 2 heterocycles. The first kappa shape index (κ1) is 15.5. The fraction of sp³-hybridized carbons (Fsp3) is 0.533. The van der Waals surface area contributed by atoms with Crippen molar-refractivity contribution in [3.05, 3.63) is 33.0 Å². The van der Waals surface area contributed by atoms with Crippen LogP contribution < -0.4 is 10.2 Å². The summed E-state index contributed by atoms with van der Waals surface area (Å²) in [4.78, 5) is 9.93. The molecule has 0 aliphatic carbocycles. The number of hydrogen-bond donors (Lipinski definition) is 1. The summed E-state index contributed by atoms with van der Waals surface area (Å²) in [6.45, 7) is 4.16. The number of aryl methyl sites for hydroxylation is 1. The molecule has 2 aromatic heterocycles. The van der Waals surface area contributed by atoms with Gasteiger partial charge in [-0.2, -0.15) is 0 Å². The molecular formula is C15H23N3S2. The van der Waals surface area contributed by atoms with Gasteiger partial charge in [-0.1, -0.05) is 19.4 Å². The highest BCUT2D eigenvalue weighted by Gasteiger charge is 2.13. The van der Waals surface area contributed by atoms with Crippen LogP contribution in [0.4, 0.5) is 5.13 Å². The van der Waals surface area contributed by atoms with Crippen molar-refractivity contribution in [3.8, 4) is 0 Å². The summed E-state index contributed by atoms with van der Waals surface area (Å²) in [7, 11) is 4.14. The van der Waals surface area contributed by atoms with Gasteiger partial charge >= 0.3 is 0 Å². The van der Waals surface area contributed by atoms with E-state index in [4.69, 9.17) is 4.98 Å². The van der Waals surface area contributed by atoms with Crippen molar-refractivity contribution in [1.82, 2.24) is 10.3 Å². The maximum atomic E-state index is 4.83. The van der Waals surface area contributed by atoms with Gasteiger partial charge in [0.25, 0.3) is 0 Å². The lowest BCUT2D eigenvalue weighted by Crippen LogP contribution is -2.19. The Kier molecular flexibility index (Phi) is 6.01. The maximum absolute atomic E-state index is 4.83. The lowest BCUT2D eigenvalue weighted by Gasteiger charge is -2.14. The zero-order valence-electron chi connectivity index (χ0n) is 12.5. The molecule has 2 aromatic rings. The number of aromatic nitrogens is 1. The molecule has 0 amide bonds. The summed E-state index contributed by atoms with van der Waals surface area (Å²) in [5.74, 6) is 0. The molecule has 5 heteroatoms. The average molecular weight is 310 g/mol. The molecule has 0 bridgehead atoms. The number of rotatable bonds is 8. The second-order valence-electron chi connectivity index (χ2n) is 4.90. The van der Waals surface area contributed by atoms with E-state index in [1.807, 2.05) is 29.7 Å². The first-order valence-electron chi connectivity index (χ1n) is 7.11. The molecule has 0 unspecified atom stereocenters. The largest absolute Gasteiger partial charge is 0.351 e. The van der Waals surface area contributed by atoms with Gasteiger partial charge < -0.3 is 10.2 Å². The van der Waals surface area contributed by atoms with Gasteiger partial charge in [0.15, 0.2) is 5.13 Å². The molecule has 0 spiro atoms. The minimum atomic E-state index is 0.922. The number of likely N-dealkylation sites (N-methyl/N-ethyl adjacent to an activating group) is 1. The molecule has 20 heavy (non-hydrogen) atoms. The van der Waals surface area contributed by atoms with Gasteiger partial charge in [0.2, 0.25) is 0 Å². The lowest BCUT2D eigenvalue weighted by atomic mass is 10.2. The number of nitrogens with one attached hydrogen (secondary N) is 1. The Bertz CT molecular complexity index is 482. The van der Waals surface area contributed by atoms with Gasteiger partial charge in [-0.25, -0.2) is 4.98 Å². The van der Waals surface area contributed by atoms with E-state index in [-0.39, 0.29) is 0 Å². The first-order chi connectivity index (χ1) is 9.74. The van der Waals surface area contributed by atoms with Crippen LogP contribution in [0, 0.1) is 0 Å². The molecule has 0 aliphatic heterocycles. The highest BCUT2D eigenvalue weighted by molar-refractivity contribution is 7.15. The summed E-state index contributed by atoms with van der Waals surface area (Å²) in [6, 6.07) is 4.32. The van der Waals surface area contributed by atoms with E-state index >= 15 is 0 Å². The van der Waals surface area contributed by atoms with Gasteiger partial charge in [0.1, 0.15) is 0 Å². The molecule has 0 radical (unpaired) electrons. The number of thiophene rings is 1. The van der Waals surface area contributed by atoms with Crippen LogP contribution in [-0.2, 0) is 19.4 Å². The third-order valence-corrected chi connectivity index (χ3v) is 5.34. The Hall–Kier alpha value is -0.910. The van der Waals surface area contributed by atoms with E-state index < -0.39 is 0 Å². The fourth-order valence-electron chi connectivity index (χ4n) is 2.09. The molecule has 0 fully saturated rings. The van der Waals surface area contributed by atoms with Crippen molar-refractivity contribution >= 4 is 27.8 Å². The molecule has 2 rings (SSSR count). The van der Waals surface area contributed by atoms with E-state index in [0.29, 0.717) is 0 Å². The van der Waals surface area contributed by atoms with Crippen molar-refractivity contribution < 1.29 is 0 Å². The normalized spacial score (nSPS) is 10.9. The molecule has 110 valence electrons. The Morgan fingerprint density at radius 3 is 2.85 bits per heavy atom. The summed E-state index contributed by atoms with van der Waals surface area (Å²) in [6.07, 6.45) is 3.32. The molecule has 0 atom stereocenters. The topological polar surface area (TPSA) is 28.2 Å². The van der Waals surface area contributed by atoms with Crippen LogP contribution in [0.15, 0.2) is 17.5 Å².